The molecule has 3 aromatic heterocycles. The monoisotopic (exact) mass is 518 g/mol. The Hall–Kier alpha value is -5.22. The zero-order chi connectivity index (χ0) is 27.6. The first-order valence-electron chi connectivity index (χ1n) is 13.6. The number of hydrogen-bond donors (Lipinski definition) is 0. The van der Waals surface area contributed by atoms with E-state index in [4.69, 9.17) is 0 Å². The van der Waals surface area contributed by atoms with Crippen LogP contribution in [0, 0.1) is 0 Å². The summed E-state index contributed by atoms with van der Waals surface area (Å²) in [5.41, 5.74) is 7.80. The van der Waals surface area contributed by atoms with Gasteiger partial charge in [-0.3, -0.25) is 4.57 Å². The topological polar surface area (TPSA) is 35.1 Å². The fraction of sp³-hybridized carbons (Fsp3) is 0.0556. The molecule has 0 bridgehead atoms. The van der Waals surface area contributed by atoms with E-state index >= 15 is 0 Å². The molecule has 0 radical (unpaired) electrons. The van der Waals surface area contributed by atoms with Crippen molar-refractivity contribution in [2.75, 3.05) is 0 Å². The third kappa shape index (κ3) is 3.93. The molecule has 7 rings (SSSR count). The highest BCUT2D eigenvalue weighted by Crippen LogP contribution is 2.39. The molecule has 0 N–H and O–H groups in total. The van der Waals surface area contributed by atoms with Crippen LogP contribution in [0.15, 0.2) is 127 Å². The highest BCUT2D eigenvalue weighted by atomic mass is 15.1. The predicted octanol–water partition coefficient (Wildman–Crippen LogP) is 9.79. The lowest BCUT2D eigenvalue weighted by atomic mass is 10.0. The van der Waals surface area contributed by atoms with Gasteiger partial charge in [-0.1, -0.05) is 81.1 Å². The molecule has 0 aliphatic rings. The first-order chi connectivity index (χ1) is 19.8. The summed E-state index contributed by atoms with van der Waals surface area (Å²) in [4.78, 5) is 8.93. The van der Waals surface area contributed by atoms with Gasteiger partial charge in [0.25, 0.3) is 0 Å². The number of aliphatic imine (C=N–C) groups is 1. The van der Waals surface area contributed by atoms with Gasteiger partial charge in [0.2, 0.25) is 0 Å². The van der Waals surface area contributed by atoms with E-state index in [0.717, 1.165) is 44.9 Å². The van der Waals surface area contributed by atoms with E-state index in [0.29, 0.717) is 0 Å². The van der Waals surface area contributed by atoms with E-state index in [-0.39, 0.29) is 0 Å². The summed E-state index contributed by atoms with van der Waals surface area (Å²) in [6.45, 7) is 11.9. The normalized spacial score (nSPS) is 10.9. The molecular formula is C36H30N4. The van der Waals surface area contributed by atoms with E-state index in [1.807, 2.05) is 42.7 Å². The van der Waals surface area contributed by atoms with Crippen LogP contribution in [-0.4, -0.2) is 20.8 Å². The average molecular weight is 519 g/mol. The Morgan fingerprint density at radius 1 is 0.650 bits per heavy atom. The van der Waals surface area contributed by atoms with Gasteiger partial charge in [0.15, 0.2) is 0 Å². The fourth-order valence-corrected chi connectivity index (χ4v) is 5.56. The quantitative estimate of drug-likeness (QED) is 0.209. The van der Waals surface area contributed by atoms with E-state index in [9.17, 15) is 0 Å². The summed E-state index contributed by atoms with van der Waals surface area (Å²) in [5, 5.41) is 3.53. The number of benzene rings is 4. The zero-order valence-corrected chi connectivity index (χ0v) is 22.8. The number of aromatic nitrogens is 3. The van der Waals surface area contributed by atoms with Crippen molar-refractivity contribution in [3.63, 3.8) is 0 Å². The second-order valence-electron chi connectivity index (χ2n) is 9.27. The molecule has 4 heteroatoms. The number of para-hydroxylation sites is 2. The van der Waals surface area contributed by atoms with Crippen LogP contribution in [0.25, 0.3) is 61.4 Å². The minimum Gasteiger partial charge on any atom is -0.309 e. The maximum Gasteiger partial charge on any atom is 0.145 e. The smallest absolute Gasteiger partial charge is 0.145 e. The van der Waals surface area contributed by atoms with Crippen molar-refractivity contribution in [3.8, 4) is 22.6 Å². The van der Waals surface area contributed by atoms with Gasteiger partial charge in [-0.15, -0.1) is 0 Å². The molecule has 0 unspecified atom stereocenters. The van der Waals surface area contributed by atoms with E-state index < -0.39 is 0 Å². The molecule has 0 spiro atoms. The maximum atomic E-state index is 4.56. The minimum absolute atomic E-state index is 0.743. The van der Waals surface area contributed by atoms with Crippen LogP contribution in [-0.2, 0) is 0 Å². The highest BCUT2D eigenvalue weighted by molar-refractivity contribution is 6.10. The predicted molar refractivity (Wildman–Crippen MR) is 171 cm³/mol. The third-order valence-corrected chi connectivity index (χ3v) is 7.23. The molecule has 0 saturated carbocycles. The molecular weight excluding hydrogens is 488 g/mol. The minimum atomic E-state index is 0.743. The molecule has 0 fully saturated rings. The van der Waals surface area contributed by atoms with E-state index in [2.05, 4.69) is 119 Å². The van der Waals surface area contributed by atoms with Crippen LogP contribution in [0.4, 0.5) is 5.82 Å². The molecule has 4 nitrogen and oxygen atoms in total. The standard InChI is InChI=1S/C34H24N4.C2H6/c1-3-26-28-21-23(17-19-32(28)38(34(26)35-2)33-15-9-10-20-36-33)24-16-18-31-29(22-24)27-13-7-8-14-30(27)37(31)25-11-5-4-6-12-25;1-2/h3-22H,1-2H2;1-2H3. The Balaban J connectivity index is 0.00000142. The second kappa shape index (κ2) is 10.5. The van der Waals surface area contributed by atoms with Gasteiger partial charge in [0.1, 0.15) is 11.6 Å². The highest BCUT2D eigenvalue weighted by Gasteiger charge is 2.18. The van der Waals surface area contributed by atoms with Crippen LogP contribution in [0.3, 0.4) is 0 Å². The van der Waals surface area contributed by atoms with Gasteiger partial charge in [-0.2, -0.15) is 0 Å². The summed E-state index contributed by atoms with van der Waals surface area (Å²) < 4.78 is 4.38. The van der Waals surface area contributed by atoms with Crippen molar-refractivity contribution < 1.29 is 0 Å². The Kier molecular flexibility index (Phi) is 6.59. The van der Waals surface area contributed by atoms with Crippen molar-refractivity contribution >= 4 is 51.3 Å². The van der Waals surface area contributed by atoms with Crippen molar-refractivity contribution in [3.05, 3.63) is 128 Å². The van der Waals surface area contributed by atoms with Crippen molar-refractivity contribution in [1.82, 2.24) is 14.1 Å². The van der Waals surface area contributed by atoms with Crippen LogP contribution in [0.2, 0.25) is 0 Å². The first kappa shape index (κ1) is 25.1. The van der Waals surface area contributed by atoms with E-state index in [1.54, 1.807) is 6.20 Å². The maximum absolute atomic E-state index is 4.56. The van der Waals surface area contributed by atoms with Crippen LogP contribution < -0.4 is 0 Å². The Morgan fingerprint density at radius 3 is 1.95 bits per heavy atom. The molecule has 4 aromatic carbocycles. The van der Waals surface area contributed by atoms with Crippen LogP contribution in [0.1, 0.15) is 19.4 Å². The summed E-state index contributed by atoms with van der Waals surface area (Å²) in [5.74, 6) is 1.54. The molecule has 0 saturated heterocycles. The number of rotatable bonds is 5. The SMILES string of the molecule is C=Cc1c(N=C)n(-c2ccccn2)c2ccc(-c3ccc4c(c3)c3ccccc3n4-c3ccccc3)cc12.CC. The average Bonchev–Trinajstić information content (AvgIpc) is 3.54. The number of fused-ring (bicyclic) bond motifs is 4. The molecule has 0 amide bonds. The number of pyridine rings is 1. The Labute approximate surface area is 234 Å². The summed E-state index contributed by atoms with van der Waals surface area (Å²) in [6, 6.07) is 38.3. The van der Waals surface area contributed by atoms with Crippen LogP contribution in [0.5, 0.6) is 0 Å². The van der Waals surface area contributed by atoms with Crippen molar-refractivity contribution in [2.24, 2.45) is 4.99 Å². The molecule has 40 heavy (non-hydrogen) atoms. The summed E-state index contributed by atoms with van der Waals surface area (Å²) in [6.07, 6.45) is 3.64. The van der Waals surface area contributed by atoms with Gasteiger partial charge in [-0.25, -0.2) is 9.98 Å². The number of hydrogen-bond acceptors (Lipinski definition) is 2. The van der Waals surface area contributed by atoms with Gasteiger partial charge < -0.3 is 4.57 Å². The van der Waals surface area contributed by atoms with E-state index in [1.165, 1.54) is 21.8 Å². The molecule has 3 heterocycles. The lowest BCUT2D eigenvalue weighted by molar-refractivity contribution is 1.04. The van der Waals surface area contributed by atoms with Gasteiger partial charge in [0.05, 0.1) is 16.6 Å². The summed E-state index contributed by atoms with van der Waals surface area (Å²) >= 11 is 0. The lowest BCUT2D eigenvalue weighted by Gasteiger charge is -2.09. The molecule has 194 valence electrons. The third-order valence-electron chi connectivity index (χ3n) is 7.23. The first-order valence-corrected chi connectivity index (χ1v) is 13.6. The van der Waals surface area contributed by atoms with Crippen molar-refractivity contribution in [2.45, 2.75) is 13.8 Å². The van der Waals surface area contributed by atoms with Gasteiger partial charge in [-0.05, 0) is 72.4 Å². The Morgan fingerprint density at radius 2 is 1.27 bits per heavy atom. The van der Waals surface area contributed by atoms with Gasteiger partial charge >= 0.3 is 0 Å². The second-order valence-corrected chi connectivity index (χ2v) is 9.27. The van der Waals surface area contributed by atoms with Crippen molar-refractivity contribution in [1.29, 1.82) is 0 Å². The molecule has 0 aliphatic heterocycles. The lowest BCUT2D eigenvalue weighted by Crippen LogP contribution is -1.96. The molecule has 0 atom stereocenters. The fourth-order valence-electron chi connectivity index (χ4n) is 5.56. The Bertz CT molecular complexity index is 1990. The molecule has 0 aliphatic carbocycles. The molecule has 7 aromatic rings. The largest absolute Gasteiger partial charge is 0.309 e. The van der Waals surface area contributed by atoms with Gasteiger partial charge in [0, 0.05) is 33.6 Å². The van der Waals surface area contributed by atoms with Crippen LogP contribution >= 0.6 is 0 Å². The zero-order valence-electron chi connectivity index (χ0n) is 22.8. The summed E-state index contributed by atoms with van der Waals surface area (Å²) in [7, 11) is 0. The number of nitrogens with zero attached hydrogens (tertiary/aromatic N) is 4.